The molecule has 244 valence electrons. The third-order valence-corrected chi connectivity index (χ3v) is 10.8. The molecule has 6 rings (SSSR count). The van der Waals surface area contributed by atoms with E-state index in [1.54, 1.807) is 0 Å². The van der Waals surface area contributed by atoms with Crippen molar-refractivity contribution in [2.75, 3.05) is 12.3 Å². The van der Waals surface area contributed by atoms with Crippen molar-refractivity contribution in [3.05, 3.63) is 192 Å². The third kappa shape index (κ3) is 7.87. The van der Waals surface area contributed by atoms with E-state index in [9.17, 15) is 5.26 Å². The van der Waals surface area contributed by atoms with E-state index in [2.05, 4.69) is 135 Å². The molecule has 5 aromatic rings. The molecule has 0 N–H and O–H groups in total. The van der Waals surface area contributed by atoms with E-state index >= 15 is 0 Å². The molecule has 1 aromatic heterocycles. The molecule has 4 aromatic carbocycles. The van der Waals surface area contributed by atoms with Gasteiger partial charge in [0.1, 0.15) is 0 Å². The first kappa shape index (κ1) is 34.4. The first-order valence-corrected chi connectivity index (χ1v) is 18.4. The van der Waals surface area contributed by atoms with E-state index in [0.717, 1.165) is 44.9 Å². The molecule has 0 saturated carbocycles. The van der Waals surface area contributed by atoms with Crippen LogP contribution in [0.2, 0.25) is 0 Å². The largest absolute Gasteiger partial charge is 0.279 e. The number of fused-ring (bicyclic) bond motifs is 4. The first-order valence-electron chi connectivity index (χ1n) is 16.6. The molecule has 1 aliphatic rings. The molecule has 0 spiro atoms. The maximum atomic E-state index is 9.41. The summed E-state index contributed by atoms with van der Waals surface area (Å²) in [5, 5.41) is 11.9. The molecule has 1 aliphatic heterocycles. The highest BCUT2D eigenvalue weighted by Crippen LogP contribution is 2.41. The molecule has 0 saturated heterocycles. The van der Waals surface area contributed by atoms with Gasteiger partial charge in [-0.2, -0.15) is 5.26 Å². The van der Waals surface area contributed by atoms with Crippen molar-refractivity contribution in [1.82, 2.24) is 0 Å². The van der Waals surface area contributed by atoms with E-state index in [4.69, 9.17) is 4.99 Å². The van der Waals surface area contributed by atoms with Gasteiger partial charge in [0.25, 0.3) is 0 Å². The second-order valence-electron chi connectivity index (χ2n) is 12.0. The third-order valence-electron chi connectivity index (χ3n) is 8.48. The number of allylic oxidation sites excluding steroid dienone is 10. The summed E-state index contributed by atoms with van der Waals surface area (Å²) in [5.41, 5.74) is 10.8. The SMILES string of the molecule is C=C/C(=C\C=C/C)C(=NCC(=Cc1ccc2c(c1)sc1c(/C3=C/C=C\C(=C)c4ccccc4SC3)cccc12)/C=C/C#N)c1cccc(C)c1. The van der Waals surface area contributed by atoms with Gasteiger partial charge in [-0.1, -0.05) is 128 Å². The maximum Gasteiger partial charge on any atom is 0.0912 e. The molecule has 2 nitrogen and oxygen atoms in total. The van der Waals surface area contributed by atoms with Crippen LogP contribution >= 0.6 is 23.1 Å². The van der Waals surface area contributed by atoms with E-state index in [1.807, 2.05) is 60.4 Å². The molecule has 50 heavy (non-hydrogen) atoms. The van der Waals surface area contributed by atoms with Crippen molar-refractivity contribution >= 4 is 66.2 Å². The zero-order valence-electron chi connectivity index (χ0n) is 28.4. The van der Waals surface area contributed by atoms with E-state index in [0.29, 0.717) is 6.54 Å². The minimum absolute atomic E-state index is 0.409. The van der Waals surface area contributed by atoms with Crippen molar-refractivity contribution in [3.63, 3.8) is 0 Å². The highest BCUT2D eigenvalue weighted by molar-refractivity contribution is 7.99. The second-order valence-corrected chi connectivity index (χ2v) is 14.0. The van der Waals surface area contributed by atoms with Gasteiger partial charge in [0.2, 0.25) is 0 Å². The fourth-order valence-electron chi connectivity index (χ4n) is 6.02. The number of aliphatic imine (C=N–C) groups is 1. The van der Waals surface area contributed by atoms with Crippen LogP contribution in [-0.2, 0) is 0 Å². The van der Waals surface area contributed by atoms with E-state index < -0.39 is 0 Å². The molecule has 0 aliphatic carbocycles. The van der Waals surface area contributed by atoms with Crippen LogP contribution < -0.4 is 0 Å². The average molecular weight is 683 g/mol. The predicted octanol–water partition coefficient (Wildman–Crippen LogP) is 12.8. The Labute approximate surface area is 303 Å². The summed E-state index contributed by atoms with van der Waals surface area (Å²) in [6.07, 6.45) is 19.9. The number of nitrogens with zero attached hydrogens (tertiary/aromatic N) is 2. The molecule has 0 bridgehead atoms. The molecule has 0 amide bonds. The lowest BCUT2D eigenvalue weighted by Gasteiger charge is -2.11. The van der Waals surface area contributed by atoms with E-state index in [1.165, 1.54) is 47.8 Å². The summed E-state index contributed by atoms with van der Waals surface area (Å²) < 4.78 is 2.51. The van der Waals surface area contributed by atoms with Crippen LogP contribution in [0.25, 0.3) is 37.4 Å². The Morgan fingerprint density at radius 2 is 1.82 bits per heavy atom. The fraction of sp³-hybridized carbons (Fsp3) is 0.0870. The number of rotatable bonds is 9. The van der Waals surface area contributed by atoms with Crippen molar-refractivity contribution in [2.24, 2.45) is 4.99 Å². The molecule has 0 radical (unpaired) electrons. The number of thiophene rings is 1. The number of thioether (sulfide) groups is 1. The number of nitriles is 1. The highest BCUT2D eigenvalue weighted by Gasteiger charge is 2.15. The minimum atomic E-state index is 0.409. The summed E-state index contributed by atoms with van der Waals surface area (Å²) in [6, 6.07) is 32.3. The zero-order valence-corrected chi connectivity index (χ0v) is 30.0. The lowest BCUT2D eigenvalue weighted by molar-refractivity contribution is 1.19. The van der Waals surface area contributed by atoms with Gasteiger partial charge >= 0.3 is 0 Å². The Bertz CT molecular complexity index is 2360. The second kappa shape index (κ2) is 16.3. The molecule has 4 heteroatoms. The molecular weight excluding hydrogens is 645 g/mol. The Morgan fingerprint density at radius 1 is 0.980 bits per heavy atom. The monoisotopic (exact) mass is 682 g/mol. The van der Waals surface area contributed by atoms with Gasteiger partial charge in [-0.25, -0.2) is 0 Å². The van der Waals surface area contributed by atoms with Crippen LogP contribution in [0.4, 0.5) is 0 Å². The highest BCUT2D eigenvalue weighted by atomic mass is 32.2. The Kier molecular flexibility index (Phi) is 11.2. The summed E-state index contributed by atoms with van der Waals surface area (Å²) in [5.74, 6) is 0.868. The number of benzene rings is 4. The van der Waals surface area contributed by atoms with Crippen molar-refractivity contribution in [3.8, 4) is 6.07 Å². The van der Waals surface area contributed by atoms with Crippen molar-refractivity contribution in [2.45, 2.75) is 18.7 Å². The first-order chi connectivity index (χ1) is 24.5. The van der Waals surface area contributed by atoms with E-state index in [-0.39, 0.29) is 0 Å². The molecular formula is C46H38N2S2. The van der Waals surface area contributed by atoms with Gasteiger partial charge in [0.15, 0.2) is 0 Å². The maximum absolute atomic E-state index is 9.41. The van der Waals surface area contributed by atoms with Crippen LogP contribution in [-0.4, -0.2) is 18.0 Å². The number of aryl methyl sites for hydroxylation is 1. The average Bonchev–Trinajstić information content (AvgIpc) is 3.54. The van der Waals surface area contributed by atoms with Crippen LogP contribution in [0, 0.1) is 18.3 Å². The van der Waals surface area contributed by atoms with Gasteiger partial charge in [0, 0.05) is 42.5 Å². The minimum Gasteiger partial charge on any atom is -0.279 e. The Balaban J connectivity index is 1.37. The summed E-state index contributed by atoms with van der Waals surface area (Å²) in [6.45, 7) is 12.9. The van der Waals surface area contributed by atoms with Crippen LogP contribution in [0.15, 0.2) is 174 Å². The van der Waals surface area contributed by atoms with Crippen molar-refractivity contribution in [1.29, 1.82) is 5.26 Å². The van der Waals surface area contributed by atoms with Gasteiger partial charge in [0.05, 0.1) is 18.3 Å². The van der Waals surface area contributed by atoms with Crippen LogP contribution in [0.5, 0.6) is 0 Å². The fourth-order valence-corrected chi connectivity index (χ4v) is 8.41. The van der Waals surface area contributed by atoms with Gasteiger partial charge in [-0.05, 0) is 83.2 Å². The van der Waals surface area contributed by atoms with Crippen LogP contribution in [0.1, 0.15) is 34.7 Å². The lowest BCUT2D eigenvalue weighted by Crippen LogP contribution is -2.06. The lowest BCUT2D eigenvalue weighted by atomic mass is 9.99. The zero-order chi connectivity index (χ0) is 34.9. The molecule has 2 heterocycles. The standard InChI is InChI=1S/C46H38N2S2/c1-5-7-17-36(6-2)45(37-18-10-14-32(3)27-37)48-30-35(16-13-26-47)28-34-24-25-41-42-22-12-21-40(46(42)50-44(41)29-34)38-19-11-15-33(4)39-20-8-9-23-43(39)49-31-38/h5-25,27-29H,2,4,30-31H2,1,3H3/b7-5-,15-11-,16-13+,35-28?,36-17+,38-19+,48-45?. The number of hydrogen-bond acceptors (Lipinski definition) is 4. The summed E-state index contributed by atoms with van der Waals surface area (Å²) >= 11 is 3.69. The van der Waals surface area contributed by atoms with Gasteiger partial charge in [-0.15, -0.1) is 23.1 Å². The summed E-state index contributed by atoms with van der Waals surface area (Å²) in [7, 11) is 0. The van der Waals surface area contributed by atoms with Crippen molar-refractivity contribution < 1.29 is 0 Å². The predicted molar refractivity (Wildman–Crippen MR) is 221 cm³/mol. The smallest absolute Gasteiger partial charge is 0.0912 e. The quantitative estimate of drug-likeness (QED) is 0.0881. The normalized spacial score (nSPS) is 16.1. The summed E-state index contributed by atoms with van der Waals surface area (Å²) in [4.78, 5) is 6.36. The molecule has 0 fully saturated rings. The van der Waals surface area contributed by atoms with Gasteiger partial charge in [-0.3, -0.25) is 4.99 Å². The number of hydrogen-bond donors (Lipinski definition) is 0. The van der Waals surface area contributed by atoms with Crippen LogP contribution in [0.3, 0.4) is 0 Å². The molecule has 0 unspecified atom stereocenters. The topological polar surface area (TPSA) is 36.1 Å². The Morgan fingerprint density at radius 3 is 2.64 bits per heavy atom. The van der Waals surface area contributed by atoms with Gasteiger partial charge < -0.3 is 0 Å². The molecule has 0 atom stereocenters. The Hall–Kier alpha value is -5.47.